The van der Waals surface area contributed by atoms with Crippen LogP contribution in [0.25, 0.3) is 0 Å². The summed E-state index contributed by atoms with van der Waals surface area (Å²) in [6.07, 6.45) is 1.08. The van der Waals surface area contributed by atoms with Crippen molar-refractivity contribution in [2.75, 3.05) is 20.3 Å². The maximum atomic E-state index is 12.8. The molecule has 1 saturated heterocycles. The molecular weight excluding hydrogens is 338 g/mol. The predicted octanol–water partition coefficient (Wildman–Crippen LogP) is 2.46. The third kappa shape index (κ3) is 2.82. The number of carbonyl (C=O) groups excluding carboxylic acids is 1. The Morgan fingerprint density at radius 1 is 1.48 bits per heavy atom. The minimum Gasteiger partial charge on any atom is -0.479 e. The highest BCUT2D eigenvalue weighted by atomic mass is 79.9. The quantitative estimate of drug-likeness (QED) is 0.900. The number of carboxylic acid groups (broad SMARTS) is 1. The number of likely N-dealkylation sites (tertiary alicyclic amines) is 1. The van der Waals surface area contributed by atoms with Gasteiger partial charge in [-0.25, -0.2) is 4.79 Å². The van der Waals surface area contributed by atoms with Crippen LogP contribution in [0.5, 0.6) is 0 Å². The molecule has 0 aromatic heterocycles. The molecule has 1 N–H and O–H groups in total. The van der Waals surface area contributed by atoms with Crippen LogP contribution in [0.2, 0.25) is 0 Å². The predicted molar refractivity (Wildman–Crippen MR) is 81.4 cm³/mol. The number of benzene rings is 1. The van der Waals surface area contributed by atoms with Crippen LogP contribution in [0.15, 0.2) is 22.7 Å². The van der Waals surface area contributed by atoms with E-state index in [1.54, 1.807) is 12.1 Å². The second-order valence-electron chi connectivity index (χ2n) is 5.29. The molecule has 1 aromatic rings. The Hall–Kier alpha value is -1.40. The molecule has 1 unspecified atom stereocenters. The SMILES string of the molecule is COCC1(C(=O)O)CCCN1C(=O)c1ccc(Br)cc1C. The van der Waals surface area contributed by atoms with Gasteiger partial charge >= 0.3 is 5.97 Å². The van der Waals surface area contributed by atoms with E-state index in [1.807, 2.05) is 13.0 Å². The Bertz CT molecular complexity index is 575. The smallest absolute Gasteiger partial charge is 0.332 e. The highest BCUT2D eigenvalue weighted by molar-refractivity contribution is 9.10. The summed E-state index contributed by atoms with van der Waals surface area (Å²) < 4.78 is 5.96. The summed E-state index contributed by atoms with van der Waals surface area (Å²) >= 11 is 3.36. The van der Waals surface area contributed by atoms with Crippen LogP contribution in [0.4, 0.5) is 0 Å². The normalized spacial score (nSPS) is 21.6. The van der Waals surface area contributed by atoms with Crippen molar-refractivity contribution in [3.63, 3.8) is 0 Å². The lowest BCUT2D eigenvalue weighted by Gasteiger charge is -2.34. The lowest BCUT2D eigenvalue weighted by Crippen LogP contribution is -2.56. The maximum Gasteiger partial charge on any atom is 0.332 e. The molecule has 0 aliphatic carbocycles. The number of carboxylic acids is 1. The van der Waals surface area contributed by atoms with E-state index in [-0.39, 0.29) is 12.5 Å². The lowest BCUT2D eigenvalue weighted by molar-refractivity contribution is -0.151. The number of methoxy groups -OCH3 is 1. The van der Waals surface area contributed by atoms with Gasteiger partial charge in [-0.05, 0) is 43.5 Å². The molecule has 1 aliphatic heterocycles. The lowest BCUT2D eigenvalue weighted by atomic mass is 9.96. The van der Waals surface area contributed by atoms with Crippen molar-refractivity contribution in [1.29, 1.82) is 0 Å². The van der Waals surface area contributed by atoms with Gasteiger partial charge in [-0.15, -0.1) is 0 Å². The van der Waals surface area contributed by atoms with Crippen LogP contribution < -0.4 is 0 Å². The van der Waals surface area contributed by atoms with Crippen molar-refractivity contribution in [2.24, 2.45) is 0 Å². The molecular formula is C15H18BrNO4. The van der Waals surface area contributed by atoms with Gasteiger partial charge in [0.05, 0.1) is 6.61 Å². The first kappa shape index (κ1) is 16.0. The molecule has 1 fully saturated rings. The standard InChI is InChI=1S/C15H18BrNO4/c1-10-8-11(16)4-5-12(10)13(18)17-7-3-6-15(17,9-21-2)14(19)20/h4-5,8H,3,6-7,9H2,1-2H3,(H,19,20). The first-order chi connectivity index (χ1) is 9.92. The summed E-state index contributed by atoms with van der Waals surface area (Å²) in [5.41, 5.74) is 0.0885. The number of nitrogens with zero attached hydrogens (tertiary/aromatic N) is 1. The molecule has 0 spiro atoms. The van der Waals surface area contributed by atoms with Crippen molar-refractivity contribution in [3.05, 3.63) is 33.8 Å². The maximum absolute atomic E-state index is 12.8. The van der Waals surface area contributed by atoms with E-state index in [2.05, 4.69) is 15.9 Å². The van der Waals surface area contributed by atoms with Crippen molar-refractivity contribution < 1.29 is 19.4 Å². The zero-order chi connectivity index (χ0) is 15.6. The van der Waals surface area contributed by atoms with E-state index in [1.165, 1.54) is 12.0 Å². The van der Waals surface area contributed by atoms with Crippen molar-refractivity contribution in [3.8, 4) is 0 Å². The van der Waals surface area contributed by atoms with Crippen molar-refractivity contribution in [1.82, 2.24) is 4.90 Å². The van der Waals surface area contributed by atoms with Crippen molar-refractivity contribution >= 4 is 27.8 Å². The summed E-state index contributed by atoms with van der Waals surface area (Å²) in [6, 6.07) is 5.36. The molecule has 114 valence electrons. The Kier molecular flexibility index (Phi) is 4.68. The van der Waals surface area contributed by atoms with Crippen LogP contribution >= 0.6 is 15.9 Å². The molecule has 0 bridgehead atoms. The summed E-state index contributed by atoms with van der Waals surface area (Å²) in [7, 11) is 1.45. The molecule has 6 heteroatoms. The minimum atomic E-state index is -1.26. The number of amides is 1. The average molecular weight is 356 g/mol. The molecule has 1 aliphatic rings. The van der Waals surface area contributed by atoms with Gasteiger partial charge in [0.1, 0.15) is 0 Å². The summed E-state index contributed by atoms with van der Waals surface area (Å²) in [5, 5.41) is 9.59. The first-order valence-corrected chi connectivity index (χ1v) is 7.52. The topological polar surface area (TPSA) is 66.8 Å². The summed E-state index contributed by atoms with van der Waals surface area (Å²) in [6.45, 7) is 2.28. The third-order valence-corrected chi connectivity index (χ3v) is 4.43. The van der Waals surface area contributed by atoms with E-state index in [4.69, 9.17) is 4.74 Å². The summed E-state index contributed by atoms with van der Waals surface area (Å²) in [5.74, 6) is -1.26. The van der Waals surface area contributed by atoms with Crippen LogP contribution in [-0.2, 0) is 9.53 Å². The molecule has 1 amide bonds. The largest absolute Gasteiger partial charge is 0.479 e. The highest BCUT2D eigenvalue weighted by Gasteiger charge is 2.50. The fourth-order valence-electron chi connectivity index (χ4n) is 2.86. The van der Waals surface area contributed by atoms with Crippen LogP contribution in [0.1, 0.15) is 28.8 Å². The zero-order valence-corrected chi connectivity index (χ0v) is 13.6. The molecule has 1 aromatic carbocycles. The number of ether oxygens (including phenoxy) is 1. The number of aliphatic carboxylic acids is 1. The molecule has 21 heavy (non-hydrogen) atoms. The molecule has 0 saturated carbocycles. The minimum absolute atomic E-state index is 0.00362. The Labute approximate surface area is 132 Å². The fraction of sp³-hybridized carbons (Fsp3) is 0.467. The van der Waals surface area contributed by atoms with E-state index in [0.717, 1.165) is 10.0 Å². The second kappa shape index (κ2) is 6.15. The van der Waals surface area contributed by atoms with Crippen LogP contribution in [-0.4, -0.2) is 47.7 Å². The van der Waals surface area contributed by atoms with Gasteiger partial charge in [0, 0.05) is 23.7 Å². The molecule has 2 rings (SSSR count). The van der Waals surface area contributed by atoms with E-state index in [0.29, 0.717) is 24.9 Å². The Balaban J connectivity index is 2.39. The number of aryl methyl sites for hydroxylation is 1. The molecule has 0 radical (unpaired) electrons. The van der Waals surface area contributed by atoms with Gasteiger partial charge < -0.3 is 14.7 Å². The second-order valence-corrected chi connectivity index (χ2v) is 6.21. The zero-order valence-electron chi connectivity index (χ0n) is 12.1. The van der Waals surface area contributed by atoms with Gasteiger partial charge in [0.25, 0.3) is 5.91 Å². The van der Waals surface area contributed by atoms with E-state index >= 15 is 0 Å². The summed E-state index contributed by atoms with van der Waals surface area (Å²) in [4.78, 5) is 25.9. The Morgan fingerprint density at radius 2 is 2.19 bits per heavy atom. The number of rotatable bonds is 4. The Morgan fingerprint density at radius 3 is 2.76 bits per heavy atom. The van der Waals surface area contributed by atoms with Gasteiger partial charge in [-0.1, -0.05) is 15.9 Å². The van der Waals surface area contributed by atoms with Crippen LogP contribution in [0, 0.1) is 6.92 Å². The third-order valence-electron chi connectivity index (χ3n) is 3.93. The van der Waals surface area contributed by atoms with E-state index < -0.39 is 11.5 Å². The van der Waals surface area contributed by atoms with Gasteiger partial charge in [-0.2, -0.15) is 0 Å². The average Bonchev–Trinajstić information content (AvgIpc) is 2.83. The first-order valence-electron chi connectivity index (χ1n) is 6.73. The monoisotopic (exact) mass is 355 g/mol. The number of hydrogen-bond donors (Lipinski definition) is 1. The van der Waals surface area contributed by atoms with E-state index in [9.17, 15) is 14.7 Å². The van der Waals surface area contributed by atoms with Gasteiger partial charge in [0.2, 0.25) is 0 Å². The highest BCUT2D eigenvalue weighted by Crippen LogP contribution is 2.32. The number of halogens is 1. The molecule has 5 nitrogen and oxygen atoms in total. The van der Waals surface area contributed by atoms with Crippen molar-refractivity contribution in [2.45, 2.75) is 25.3 Å². The molecule has 1 heterocycles. The van der Waals surface area contributed by atoms with Gasteiger partial charge in [0.15, 0.2) is 5.54 Å². The fourth-order valence-corrected chi connectivity index (χ4v) is 3.34. The van der Waals surface area contributed by atoms with Crippen LogP contribution in [0.3, 0.4) is 0 Å². The van der Waals surface area contributed by atoms with Gasteiger partial charge in [-0.3, -0.25) is 4.79 Å². The number of carbonyl (C=O) groups is 2. The molecule has 1 atom stereocenters. The number of hydrogen-bond acceptors (Lipinski definition) is 3.